The zero-order valence-corrected chi connectivity index (χ0v) is 16.9. The number of hydrogen-bond acceptors (Lipinski definition) is 3. The Hall–Kier alpha value is -1.92. The fourth-order valence-electron chi connectivity index (χ4n) is 2.56. The number of carbonyl (C=O) groups is 1. The maximum Gasteiger partial charge on any atom is 0.412 e. The number of hydrogen-bond donors (Lipinski definition) is 2. The Labute approximate surface area is 161 Å². The first-order chi connectivity index (χ1) is 12.1. The third-order valence-corrected chi connectivity index (χ3v) is 4.41. The molecule has 1 unspecified atom stereocenters. The van der Waals surface area contributed by atoms with Gasteiger partial charge in [-0.15, -0.1) is 0 Å². The molecule has 0 aliphatic carbocycles. The molecule has 1 atom stereocenters. The second kappa shape index (κ2) is 8.18. The number of ether oxygens (including phenoxy) is 1. The summed E-state index contributed by atoms with van der Waals surface area (Å²) in [5.74, 6) is -0.325. The number of aliphatic hydroxyl groups excluding tert-OH is 1. The molecule has 2 aromatic rings. The Morgan fingerprint density at radius 2 is 1.88 bits per heavy atom. The average molecular weight is 424 g/mol. The summed E-state index contributed by atoms with van der Waals surface area (Å²) in [6, 6.07) is 9.46. The Balaban J connectivity index is 2.23. The molecule has 0 saturated heterocycles. The Kier molecular flexibility index (Phi) is 6.42. The first kappa shape index (κ1) is 20.4. The van der Waals surface area contributed by atoms with E-state index in [1.165, 1.54) is 12.1 Å². The molecule has 140 valence electrons. The van der Waals surface area contributed by atoms with Gasteiger partial charge in [-0.3, -0.25) is 5.32 Å². The summed E-state index contributed by atoms with van der Waals surface area (Å²) in [5, 5.41) is 13.4. The van der Waals surface area contributed by atoms with Gasteiger partial charge in [0.1, 0.15) is 17.5 Å². The minimum absolute atomic E-state index is 0.325. The van der Waals surface area contributed by atoms with Crippen molar-refractivity contribution >= 4 is 27.7 Å². The molecule has 0 radical (unpaired) electrons. The summed E-state index contributed by atoms with van der Waals surface area (Å²) in [5.41, 5.74) is 1.98. The molecule has 0 aliphatic heterocycles. The molecule has 2 rings (SSSR count). The van der Waals surface area contributed by atoms with Crippen molar-refractivity contribution < 1.29 is 19.0 Å². The first-order valence-electron chi connectivity index (χ1n) is 8.36. The molecule has 0 aliphatic rings. The lowest BCUT2D eigenvalue weighted by Gasteiger charge is -2.20. The van der Waals surface area contributed by atoms with E-state index in [0.717, 1.165) is 5.56 Å². The number of amides is 1. The third kappa shape index (κ3) is 5.29. The molecule has 0 spiro atoms. The smallest absolute Gasteiger partial charge is 0.412 e. The number of rotatable bonds is 4. The largest absolute Gasteiger partial charge is 0.444 e. The van der Waals surface area contributed by atoms with Crippen molar-refractivity contribution in [2.45, 2.75) is 45.8 Å². The van der Waals surface area contributed by atoms with Crippen molar-refractivity contribution in [3.63, 3.8) is 0 Å². The van der Waals surface area contributed by atoms with Gasteiger partial charge in [0.25, 0.3) is 0 Å². The average Bonchev–Trinajstić information content (AvgIpc) is 2.52. The van der Waals surface area contributed by atoms with Gasteiger partial charge in [-0.2, -0.15) is 0 Å². The SMILES string of the molecule is CCc1cc(F)ccc1C(O)c1ccc(NC(=O)OC(C)(C)C)cc1Br. The number of nitrogens with one attached hydrogen (secondary N) is 1. The van der Waals surface area contributed by atoms with E-state index in [2.05, 4.69) is 21.2 Å². The van der Waals surface area contributed by atoms with Crippen molar-refractivity contribution in [1.29, 1.82) is 0 Å². The monoisotopic (exact) mass is 423 g/mol. The lowest BCUT2D eigenvalue weighted by Crippen LogP contribution is -2.27. The summed E-state index contributed by atoms with van der Waals surface area (Å²) < 4.78 is 19.3. The Morgan fingerprint density at radius 1 is 1.23 bits per heavy atom. The highest BCUT2D eigenvalue weighted by molar-refractivity contribution is 9.10. The van der Waals surface area contributed by atoms with Gasteiger partial charge in [0, 0.05) is 10.2 Å². The summed E-state index contributed by atoms with van der Waals surface area (Å²) in [6.07, 6.45) is -0.847. The van der Waals surface area contributed by atoms with Crippen LogP contribution in [0, 0.1) is 5.82 Å². The van der Waals surface area contributed by atoms with Crippen molar-refractivity contribution in [1.82, 2.24) is 0 Å². The van der Waals surface area contributed by atoms with Gasteiger partial charge in [0.2, 0.25) is 0 Å². The molecular weight excluding hydrogens is 401 g/mol. The molecule has 1 amide bonds. The van der Waals surface area contributed by atoms with E-state index in [0.29, 0.717) is 27.7 Å². The fraction of sp³-hybridized carbons (Fsp3) is 0.350. The first-order valence-corrected chi connectivity index (χ1v) is 9.16. The zero-order valence-electron chi connectivity index (χ0n) is 15.3. The Morgan fingerprint density at radius 3 is 2.46 bits per heavy atom. The van der Waals surface area contributed by atoms with Gasteiger partial charge >= 0.3 is 6.09 Å². The highest BCUT2D eigenvalue weighted by Crippen LogP contribution is 2.32. The predicted octanol–water partition coefficient (Wildman–Crippen LogP) is 5.58. The lowest BCUT2D eigenvalue weighted by molar-refractivity contribution is 0.0636. The minimum Gasteiger partial charge on any atom is -0.444 e. The number of halogens is 2. The number of anilines is 1. The van der Waals surface area contributed by atoms with E-state index >= 15 is 0 Å². The normalized spacial score (nSPS) is 12.6. The number of carbonyl (C=O) groups excluding carboxylic acids is 1. The van der Waals surface area contributed by atoms with Crippen LogP contribution < -0.4 is 5.32 Å². The van der Waals surface area contributed by atoms with Gasteiger partial charge in [0.15, 0.2) is 0 Å². The molecule has 0 fully saturated rings. The van der Waals surface area contributed by atoms with E-state index < -0.39 is 17.8 Å². The van der Waals surface area contributed by atoms with Crippen LogP contribution in [-0.2, 0) is 11.2 Å². The quantitative estimate of drug-likeness (QED) is 0.674. The number of aliphatic hydroxyl groups is 1. The van der Waals surface area contributed by atoms with Crippen molar-refractivity contribution in [3.05, 3.63) is 63.4 Å². The van der Waals surface area contributed by atoms with E-state index in [1.807, 2.05) is 6.92 Å². The van der Waals surface area contributed by atoms with Crippen LogP contribution in [0.2, 0.25) is 0 Å². The van der Waals surface area contributed by atoms with Crippen LogP contribution in [0.25, 0.3) is 0 Å². The van der Waals surface area contributed by atoms with Crippen LogP contribution in [0.3, 0.4) is 0 Å². The van der Waals surface area contributed by atoms with E-state index in [1.54, 1.807) is 45.0 Å². The summed E-state index contributed by atoms with van der Waals surface area (Å²) in [7, 11) is 0. The standard InChI is InChI=1S/C20H23BrFNO3/c1-5-12-10-13(22)6-8-15(12)18(24)16-9-7-14(11-17(16)21)23-19(25)26-20(2,3)4/h6-11,18,24H,5H2,1-4H3,(H,23,25). The zero-order chi connectivity index (χ0) is 19.5. The van der Waals surface area contributed by atoms with Crippen LogP contribution >= 0.6 is 15.9 Å². The topological polar surface area (TPSA) is 58.6 Å². The van der Waals surface area contributed by atoms with Crippen molar-refractivity contribution in [2.75, 3.05) is 5.32 Å². The summed E-state index contributed by atoms with van der Waals surface area (Å²) >= 11 is 3.43. The summed E-state index contributed by atoms with van der Waals surface area (Å²) in [6.45, 7) is 7.27. The lowest BCUT2D eigenvalue weighted by atomic mass is 9.95. The third-order valence-electron chi connectivity index (χ3n) is 3.72. The van der Waals surface area contributed by atoms with Crippen LogP contribution in [0.5, 0.6) is 0 Å². The molecule has 0 bridgehead atoms. The Bertz CT molecular complexity index is 802. The molecule has 2 N–H and O–H groups in total. The number of aryl methyl sites for hydroxylation is 1. The number of benzene rings is 2. The molecule has 0 saturated carbocycles. The van der Waals surface area contributed by atoms with Gasteiger partial charge in [0.05, 0.1) is 0 Å². The van der Waals surface area contributed by atoms with Crippen LogP contribution in [0.15, 0.2) is 40.9 Å². The second-order valence-corrected chi connectivity index (χ2v) is 7.82. The molecular formula is C20H23BrFNO3. The molecule has 26 heavy (non-hydrogen) atoms. The maximum absolute atomic E-state index is 13.4. The minimum atomic E-state index is -0.907. The molecule has 2 aromatic carbocycles. The predicted molar refractivity (Wildman–Crippen MR) is 104 cm³/mol. The van der Waals surface area contributed by atoms with Gasteiger partial charge < -0.3 is 9.84 Å². The van der Waals surface area contributed by atoms with E-state index in [-0.39, 0.29) is 5.82 Å². The molecule has 4 nitrogen and oxygen atoms in total. The second-order valence-electron chi connectivity index (χ2n) is 6.96. The van der Waals surface area contributed by atoms with E-state index in [9.17, 15) is 14.3 Å². The highest BCUT2D eigenvalue weighted by Gasteiger charge is 2.19. The molecule has 6 heteroatoms. The van der Waals surface area contributed by atoms with Gasteiger partial charge in [-0.25, -0.2) is 9.18 Å². The fourth-order valence-corrected chi connectivity index (χ4v) is 3.16. The van der Waals surface area contributed by atoms with Crippen LogP contribution in [0.1, 0.15) is 50.5 Å². The van der Waals surface area contributed by atoms with Gasteiger partial charge in [-0.1, -0.05) is 35.0 Å². The van der Waals surface area contributed by atoms with Crippen LogP contribution in [-0.4, -0.2) is 16.8 Å². The molecule has 0 heterocycles. The maximum atomic E-state index is 13.4. The van der Waals surface area contributed by atoms with Gasteiger partial charge in [-0.05, 0) is 68.1 Å². The van der Waals surface area contributed by atoms with E-state index in [4.69, 9.17) is 4.74 Å². The molecule has 0 aromatic heterocycles. The van der Waals surface area contributed by atoms with Crippen molar-refractivity contribution in [3.8, 4) is 0 Å². The van der Waals surface area contributed by atoms with Crippen molar-refractivity contribution in [2.24, 2.45) is 0 Å². The van der Waals surface area contributed by atoms with Crippen LogP contribution in [0.4, 0.5) is 14.9 Å². The highest BCUT2D eigenvalue weighted by atomic mass is 79.9. The summed E-state index contributed by atoms with van der Waals surface area (Å²) in [4.78, 5) is 11.9.